The predicted molar refractivity (Wildman–Crippen MR) is 119 cm³/mol. The molecule has 1 amide bonds. The first-order valence-electron chi connectivity index (χ1n) is 11.2. The molecule has 2 aliphatic carbocycles. The second kappa shape index (κ2) is 9.30. The van der Waals surface area contributed by atoms with Gasteiger partial charge in [-0.1, -0.05) is 24.3 Å². The van der Waals surface area contributed by atoms with Crippen LogP contribution in [0.15, 0.2) is 24.3 Å². The summed E-state index contributed by atoms with van der Waals surface area (Å²) in [5, 5.41) is 2.99. The molecule has 1 aromatic carbocycles. The van der Waals surface area contributed by atoms with Crippen LogP contribution < -0.4 is 5.32 Å². The lowest BCUT2D eigenvalue weighted by Gasteiger charge is -2.36. The number of methoxy groups -OCH3 is 1. The predicted octanol–water partition coefficient (Wildman–Crippen LogP) is 5.02. The van der Waals surface area contributed by atoms with E-state index in [-0.39, 0.29) is 24.0 Å². The molecule has 0 spiro atoms. The Morgan fingerprint density at radius 2 is 1.74 bits per heavy atom. The molecule has 0 bridgehead atoms. The Morgan fingerprint density at radius 1 is 1.13 bits per heavy atom. The molecule has 2 fully saturated rings. The van der Waals surface area contributed by atoms with Gasteiger partial charge in [-0.2, -0.15) is 0 Å². The molecule has 31 heavy (non-hydrogen) atoms. The number of hydrogen-bond acceptors (Lipinski definition) is 4. The highest BCUT2D eigenvalue weighted by atomic mass is 16.6. The fraction of sp³-hybridized carbons (Fsp3) is 0.640. The second-order valence-corrected chi connectivity index (χ2v) is 10.1. The van der Waals surface area contributed by atoms with E-state index in [4.69, 9.17) is 16.0 Å². The first-order valence-corrected chi connectivity index (χ1v) is 11.2. The van der Waals surface area contributed by atoms with E-state index in [0.717, 1.165) is 31.2 Å². The number of benzene rings is 1. The van der Waals surface area contributed by atoms with E-state index >= 15 is 0 Å². The number of nitrogens with one attached hydrogen (secondary N) is 1. The zero-order chi connectivity index (χ0) is 22.6. The molecule has 168 valence electrons. The van der Waals surface area contributed by atoms with E-state index in [0.29, 0.717) is 25.2 Å². The molecule has 2 aliphatic rings. The van der Waals surface area contributed by atoms with E-state index in [1.165, 1.54) is 12.7 Å². The van der Waals surface area contributed by atoms with Crippen LogP contribution in [0, 0.1) is 12.5 Å². The zero-order valence-electron chi connectivity index (χ0n) is 19.1. The molecule has 0 radical (unpaired) electrons. The Kier molecular flexibility index (Phi) is 6.93. The van der Waals surface area contributed by atoms with Crippen LogP contribution in [0.25, 0.3) is 4.85 Å². The molecule has 1 N–H and O–H groups in total. The van der Waals surface area contributed by atoms with Crippen molar-refractivity contribution in [2.24, 2.45) is 5.92 Å². The van der Waals surface area contributed by atoms with Crippen molar-refractivity contribution < 1.29 is 19.1 Å². The van der Waals surface area contributed by atoms with Crippen LogP contribution in [0.1, 0.15) is 76.3 Å². The summed E-state index contributed by atoms with van der Waals surface area (Å²) in [6, 6.07) is 8.77. The summed E-state index contributed by atoms with van der Waals surface area (Å²) in [5.74, 6) is 0.155. The van der Waals surface area contributed by atoms with Crippen molar-refractivity contribution in [3.05, 3.63) is 46.8 Å². The minimum Gasteiger partial charge on any atom is -0.469 e. The Balaban J connectivity index is 1.49. The van der Waals surface area contributed by atoms with E-state index in [9.17, 15) is 9.59 Å². The van der Waals surface area contributed by atoms with E-state index in [2.05, 4.69) is 34.4 Å². The Morgan fingerprint density at radius 3 is 2.26 bits per heavy atom. The largest absolute Gasteiger partial charge is 0.469 e. The van der Waals surface area contributed by atoms with Gasteiger partial charge in [0, 0.05) is 18.9 Å². The molecule has 6 heteroatoms. The maximum absolute atomic E-state index is 12.0. The van der Waals surface area contributed by atoms with Gasteiger partial charge in [0.1, 0.15) is 5.60 Å². The minimum atomic E-state index is -0.478. The van der Waals surface area contributed by atoms with Crippen LogP contribution in [0.3, 0.4) is 0 Å². The van der Waals surface area contributed by atoms with Crippen molar-refractivity contribution in [2.75, 3.05) is 7.11 Å². The number of alkyl carbamates (subject to hydrolysis) is 1. The van der Waals surface area contributed by atoms with Gasteiger partial charge in [-0.3, -0.25) is 4.79 Å². The summed E-state index contributed by atoms with van der Waals surface area (Å²) >= 11 is 0. The van der Waals surface area contributed by atoms with Gasteiger partial charge in [0.25, 0.3) is 0 Å². The first-order chi connectivity index (χ1) is 14.6. The van der Waals surface area contributed by atoms with Crippen LogP contribution in [0.4, 0.5) is 4.79 Å². The maximum Gasteiger partial charge on any atom is 0.407 e. The van der Waals surface area contributed by atoms with Crippen molar-refractivity contribution in [1.82, 2.24) is 5.32 Å². The van der Waals surface area contributed by atoms with Crippen LogP contribution in [-0.4, -0.2) is 36.4 Å². The van der Waals surface area contributed by atoms with Crippen molar-refractivity contribution in [3.8, 4) is 0 Å². The third-order valence-corrected chi connectivity index (χ3v) is 6.46. The van der Waals surface area contributed by atoms with Crippen molar-refractivity contribution in [2.45, 2.75) is 88.8 Å². The van der Waals surface area contributed by atoms with Crippen molar-refractivity contribution >= 4 is 12.1 Å². The number of esters is 1. The van der Waals surface area contributed by atoms with Gasteiger partial charge in [-0.15, -0.1) is 0 Å². The summed E-state index contributed by atoms with van der Waals surface area (Å²) in [6.07, 6.45) is 5.47. The van der Waals surface area contributed by atoms with Gasteiger partial charge < -0.3 is 19.6 Å². The van der Waals surface area contributed by atoms with Crippen LogP contribution in [0.2, 0.25) is 0 Å². The number of carbonyl (C=O) groups excluding carboxylic acids is 2. The summed E-state index contributed by atoms with van der Waals surface area (Å²) < 4.78 is 10.2. The quantitative estimate of drug-likeness (QED) is 0.530. The topological polar surface area (TPSA) is 69.0 Å². The zero-order valence-corrected chi connectivity index (χ0v) is 19.1. The van der Waals surface area contributed by atoms with Gasteiger partial charge in [0.15, 0.2) is 0 Å². The lowest BCUT2D eigenvalue weighted by Crippen LogP contribution is -2.46. The third kappa shape index (κ3) is 6.00. The fourth-order valence-corrected chi connectivity index (χ4v) is 4.80. The Labute approximate surface area is 185 Å². The van der Waals surface area contributed by atoms with Crippen LogP contribution >= 0.6 is 0 Å². The molecule has 0 aromatic heterocycles. The Hall–Kier alpha value is -2.55. The Bertz CT molecular complexity index is 821. The maximum atomic E-state index is 12.0. The molecule has 0 heterocycles. The molecule has 0 aliphatic heterocycles. The number of rotatable bonds is 5. The van der Waals surface area contributed by atoms with Crippen molar-refractivity contribution in [1.29, 1.82) is 0 Å². The van der Waals surface area contributed by atoms with Crippen molar-refractivity contribution in [3.63, 3.8) is 0 Å². The van der Waals surface area contributed by atoms with Crippen LogP contribution in [0.5, 0.6) is 0 Å². The summed E-state index contributed by atoms with van der Waals surface area (Å²) in [6.45, 7) is 13.2. The lowest BCUT2D eigenvalue weighted by atomic mass is 9.66. The van der Waals surface area contributed by atoms with Gasteiger partial charge in [-0.25, -0.2) is 11.4 Å². The van der Waals surface area contributed by atoms with Gasteiger partial charge >= 0.3 is 12.1 Å². The number of amides is 1. The summed E-state index contributed by atoms with van der Waals surface area (Å²) in [5.41, 5.74) is 1.51. The van der Waals surface area contributed by atoms with E-state index in [1.54, 1.807) is 0 Å². The molecule has 2 saturated carbocycles. The fourth-order valence-electron chi connectivity index (χ4n) is 4.80. The summed E-state index contributed by atoms with van der Waals surface area (Å²) in [4.78, 5) is 27.5. The number of ether oxygens (including phenoxy) is 2. The normalized spacial score (nSPS) is 28.0. The standard InChI is InChI=1S/C25H34N2O4/c1-24(2,3)31-23(29)27-21-12-10-19(11-13-21)18-8-6-17(7-9-18)14-25(26-4)15-20(16-25)22(28)30-5/h6-9,19-21H,10-16H2,1-3,5H3,(H,27,29). The molecule has 0 atom stereocenters. The molecule has 0 unspecified atom stereocenters. The van der Waals surface area contributed by atoms with E-state index in [1.807, 2.05) is 20.8 Å². The second-order valence-electron chi connectivity index (χ2n) is 10.1. The minimum absolute atomic E-state index is 0.136. The molecule has 1 aromatic rings. The molecule has 6 nitrogen and oxygen atoms in total. The van der Waals surface area contributed by atoms with Gasteiger partial charge in [-0.05, 0) is 63.5 Å². The molecule has 0 saturated heterocycles. The average molecular weight is 427 g/mol. The SMILES string of the molecule is [C-]#[N+]C1(Cc2ccc(C3CCC(NC(=O)OC(C)(C)C)CC3)cc2)CC(C(=O)OC)C1. The molecule has 3 rings (SSSR count). The lowest BCUT2D eigenvalue weighted by molar-refractivity contribution is -0.150. The third-order valence-electron chi connectivity index (χ3n) is 6.46. The highest BCUT2D eigenvalue weighted by Gasteiger charge is 2.54. The van der Waals surface area contributed by atoms with E-state index < -0.39 is 11.1 Å². The molecular formula is C25H34N2O4. The average Bonchev–Trinajstić information content (AvgIpc) is 2.69. The highest BCUT2D eigenvalue weighted by Crippen LogP contribution is 2.44. The number of nitrogens with zero attached hydrogens (tertiary/aromatic N) is 1. The first kappa shape index (κ1) is 23.1. The monoisotopic (exact) mass is 426 g/mol. The van der Waals surface area contributed by atoms with Gasteiger partial charge in [0.05, 0.1) is 19.4 Å². The number of carbonyl (C=O) groups is 2. The number of hydrogen-bond donors (Lipinski definition) is 1. The van der Waals surface area contributed by atoms with Gasteiger partial charge in [0.2, 0.25) is 5.54 Å². The smallest absolute Gasteiger partial charge is 0.407 e. The summed E-state index contributed by atoms with van der Waals surface area (Å²) in [7, 11) is 1.40. The van der Waals surface area contributed by atoms with Crippen LogP contribution in [-0.2, 0) is 20.7 Å². The highest BCUT2D eigenvalue weighted by molar-refractivity contribution is 5.74. The molecular weight excluding hydrogens is 392 g/mol.